The lowest BCUT2D eigenvalue weighted by molar-refractivity contribution is 0.0257. The molecule has 0 amide bonds. The number of carbonyl (C=O) groups excluding carboxylic acids is 2. The normalized spacial score (nSPS) is 20.9. The maximum absolute atomic E-state index is 13.9. The monoisotopic (exact) mass is 485 g/mol. The summed E-state index contributed by atoms with van der Waals surface area (Å²) in [6, 6.07) is 2.85. The highest BCUT2D eigenvalue weighted by Gasteiger charge is 2.62. The molecule has 0 radical (unpaired) electrons. The van der Waals surface area contributed by atoms with Gasteiger partial charge >= 0.3 is 5.69 Å². The molecule has 2 aliphatic rings. The van der Waals surface area contributed by atoms with Crippen LogP contribution in [0.1, 0.15) is 33.3 Å². The van der Waals surface area contributed by atoms with E-state index in [1.807, 2.05) is 0 Å². The fraction of sp³-hybridized carbons (Fsp3) is 0.348. The molecule has 1 aromatic carbocycles. The van der Waals surface area contributed by atoms with Crippen LogP contribution in [-0.2, 0) is 20.5 Å². The first-order valence-electron chi connectivity index (χ1n) is 10.4. The second-order valence-electron chi connectivity index (χ2n) is 8.46. The zero-order valence-electron chi connectivity index (χ0n) is 19.0. The average Bonchev–Trinajstić information content (AvgIpc) is 3.14. The molecule has 176 valence electrons. The molecule has 10 nitrogen and oxygen atoms in total. The van der Waals surface area contributed by atoms with Crippen LogP contribution in [0.3, 0.4) is 0 Å². The van der Waals surface area contributed by atoms with Crippen LogP contribution in [0, 0.1) is 5.92 Å². The zero-order chi connectivity index (χ0) is 24.7. The number of hydrogen-bond donors (Lipinski definition) is 0. The molecule has 11 heteroatoms. The van der Waals surface area contributed by atoms with Gasteiger partial charge in [0.15, 0.2) is 5.75 Å². The van der Waals surface area contributed by atoms with Crippen LogP contribution >= 0.6 is 11.6 Å². The summed E-state index contributed by atoms with van der Waals surface area (Å²) in [5, 5.41) is 0.136. The van der Waals surface area contributed by atoms with Crippen molar-refractivity contribution < 1.29 is 23.8 Å². The number of halogens is 1. The van der Waals surface area contributed by atoms with Gasteiger partial charge in [0, 0.05) is 31.6 Å². The summed E-state index contributed by atoms with van der Waals surface area (Å²) in [5.74, 6) is -1.43. The molecule has 5 rings (SSSR count). The van der Waals surface area contributed by atoms with E-state index in [9.17, 15) is 19.2 Å². The van der Waals surface area contributed by atoms with E-state index in [2.05, 4.69) is 4.98 Å². The highest BCUT2D eigenvalue weighted by molar-refractivity contribution is 6.36. The van der Waals surface area contributed by atoms with E-state index in [1.54, 1.807) is 6.92 Å². The third kappa shape index (κ3) is 2.54. The third-order valence-corrected chi connectivity index (χ3v) is 7.06. The van der Waals surface area contributed by atoms with E-state index in [0.717, 1.165) is 4.57 Å². The Kier molecular flexibility index (Phi) is 4.67. The number of fused-ring (bicyclic) bond motifs is 3. The second-order valence-corrected chi connectivity index (χ2v) is 8.84. The molecule has 2 atom stereocenters. The number of nitrogens with zero attached hydrogens (tertiary/aromatic N) is 3. The Hall–Kier alpha value is -3.66. The van der Waals surface area contributed by atoms with E-state index in [0.29, 0.717) is 5.69 Å². The van der Waals surface area contributed by atoms with Gasteiger partial charge in [0.25, 0.3) is 5.56 Å². The number of carbonyl (C=O) groups is 2. The SMILES string of the molecule is COc1cc(OC)c2c(c1Cl)OC1(C(=O)c3cc4c(=O)n(C)c(=O)n(C)c4nc3CC1C)C2=O. The molecule has 1 aliphatic carbocycles. The van der Waals surface area contributed by atoms with E-state index in [4.69, 9.17) is 25.8 Å². The molecule has 0 bridgehead atoms. The number of benzene rings is 1. The van der Waals surface area contributed by atoms with Crippen molar-refractivity contribution in [1.82, 2.24) is 14.1 Å². The predicted octanol–water partition coefficient (Wildman–Crippen LogP) is 1.69. The van der Waals surface area contributed by atoms with Gasteiger partial charge in [-0.25, -0.2) is 9.78 Å². The van der Waals surface area contributed by atoms with Crippen LogP contribution < -0.4 is 25.5 Å². The number of methoxy groups -OCH3 is 2. The summed E-state index contributed by atoms with van der Waals surface area (Å²) >= 11 is 6.44. The minimum atomic E-state index is -1.90. The first-order chi connectivity index (χ1) is 16.1. The minimum Gasteiger partial charge on any atom is -0.496 e. The topological polar surface area (TPSA) is 119 Å². The average molecular weight is 486 g/mol. The molecule has 2 unspecified atom stereocenters. The van der Waals surface area contributed by atoms with E-state index < -0.39 is 34.3 Å². The van der Waals surface area contributed by atoms with Gasteiger partial charge in [0.05, 0.1) is 25.3 Å². The van der Waals surface area contributed by atoms with Crippen molar-refractivity contribution in [2.45, 2.75) is 18.9 Å². The minimum absolute atomic E-state index is 0.0126. The Bertz CT molecular complexity index is 1570. The van der Waals surface area contributed by atoms with Gasteiger partial charge < -0.3 is 14.2 Å². The number of rotatable bonds is 2. The highest BCUT2D eigenvalue weighted by Crippen LogP contribution is 2.53. The van der Waals surface area contributed by atoms with Gasteiger partial charge in [0.1, 0.15) is 27.7 Å². The van der Waals surface area contributed by atoms with Gasteiger partial charge in [-0.15, -0.1) is 0 Å². The first-order valence-corrected chi connectivity index (χ1v) is 10.8. The molecular formula is C23H20ClN3O7. The van der Waals surface area contributed by atoms with Crippen molar-refractivity contribution in [2.75, 3.05) is 14.2 Å². The van der Waals surface area contributed by atoms with E-state index in [1.165, 1.54) is 45.0 Å². The fourth-order valence-corrected chi connectivity index (χ4v) is 5.09. The molecule has 0 saturated heterocycles. The molecule has 0 saturated carbocycles. The number of hydrogen-bond acceptors (Lipinski definition) is 8. The Morgan fingerprint density at radius 3 is 2.38 bits per heavy atom. The van der Waals surface area contributed by atoms with Crippen molar-refractivity contribution >= 4 is 34.2 Å². The van der Waals surface area contributed by atoms with Crippen molar-refractivity contribution in [2.24, 2.45) is 20.0 Å². The number of pyridine rings is 1. The number of ether oxygens (including phenoxy) is 3. The number of ketones is 2. The summed E-state index contributed by atoms with van der Waals surface area (Å²) in [5.41, 5.74) is -2.34. The Morgan fingerprint density at radius 1 is 1.06 bits per heavy atom. The molecule has 1 aliphatic heterocycles. The van der Waals surface area contributed by atoms with Gasteiger partial charge in [-0.2, -0.15) is 0 Å². The van der Waals surface area contributed by atoms with Crippen LogP contribution in [-0.4, -0.2) is 45.5 Å². The Balaban J connectivity index is 1.76. The number of Topliss-reactive ketones (excluding diaryl/α,β-unsaturated/α-hetero) is 2. The summed E-state index contributed by atoms with van der Waals surface area (Å²) in [4.78, 5) is 57.3. The maximum atomic E-state index is 13.9. The van der Waals surface area contributed by atoms with Gasteiger partial charge in [-0.1, -0.05) is 18.5 Å². The smallest absolute Gasteiger partial charge is 0.332 e. The molecule has 0 fully saturated rings. The largest absolute Gasteiger partial charge is 0.496 e. The van der Waals surface area contributed by atoms with Crippen molar-refractivity contribution in [3.05, 3.63) is 54.8 Å². The van der Waals surface area contributed by atoms with Gasteiger partial charge in [0.2, 0.25) is 17.2 Å². The molecule has 3 heterocycles. The summed E-state index contributed by atoms with van der Waals surface area (Å²) in [6.45, 7) is 1.71. The number of aromatic nitrogens is 3. The Morgan fingerprint density at radius 2 is 1.74 bits per heavy atom. The molecule has 1 spiro atoms. The zero-order valence-corrected chi connectivity index (χ0v) is 19.8. The van der Waals surface area contributed by atoms with Crippen molar-refractivity contribution in [3.8, 4) is 17.2 Å². The standard InChI is InChI=1S/C23H20ClN3O7/c1-9-6-12-10(7-11-20(25-12)26(2)22(31)27(3)21(11)30)18(28)23(9)19(29)15-13(32-4)8-14(33-5)16(24)17(15)34-23/h7-9H,6H2,1-5H3. The van der Waals surface area contributed by atoms with E-state index >= 15 is 0 Å². The van der Waals surface area contributed by atoms with Crippen LogP contribution in [0.25, 0.3) is 11.0 Å². The van der Waals surface area contributed by atoms with E-state index in [-0.39, 0.29) is 50.9 Å². The lowest BCUT2D eigenvalue weighted by Gasteiger charge is -2.36. The lowest BCUT2D eigenvalue weighted by Crippen LogP contribution is -2.57. The third-order valence-electron chi connectivity index (χ3n) is 6.70. The maximum Gasteiger partial charge on any atom is 0.332 e. The molecule has 34 heavy (non-hydrogen) atoms. The highest BCUT2D eigenvalue weighted by atomic mass is 35.5. The van der Waals surface area contributed by atoms with Gasteiger partial charge in [-0.3, -0.25) is 23.5 Å². The molecule has 0 N–H and O–H groups in total. The molecular weight excluding hydrogens is 466 g/mol. The van der Waals surface area contributed by atoms with Crippen LogP contribution in [0.5, 0.6) is 17.2 Å². The van der Waals surface area contributed by atoms with Crippen molar-refractivity contribution in [1.29, 1.82) is 0 Å². The number of aryl methyl sites for hydroxylation is 1. The first kappa shape index (κ1) is 22.1. The summed E-state index contributed by atoms with van der Waals surface area (Å²) < 4.78 is 18.9. The van der Waals surface area contributed by atoms with Crippen LogP contribution in [0.4, 0.5) is 0 Å². The quantitative estimate of drug-likeness (QED) is 0.503. The second kappa shape index (κ2) is 7.17. The fourth-order valence-electron chi connectivity index (χ4n) is 4.82. The summed E-state index contributed by atoms with van der Waals surface area (Å²) in [6.07, 6.45) is 0.192. The Labute approximate surface area is 197 Å². The van der Waals surface area contributed by atoms with Crippen LogP contribution in [0.15, 0.2) is 21.7 Å². The lowest BCUT2D eigenvalue weighted by atomic mass is 9.71. The van der Waals surface area contributed by atoms with Gasteiger partial charge in [-0.05, 0) is 12.5 Å². The molecule has 3 aromatic rings. The van der Waals surface area contributed by atoms with Crippen LogP contribution in [0.2, 0.25) is 5.02 Å². The van der Waals surface area contributed by atoms with Crippen molar-refractivity contribution in [3.63, 3.8) is 0 Å². The summed E-state index contributed by atoms with van der Waals surface area (Å²) in [7, 11) is 5.64. The molecule has 2 aromatic heterocycles. The predicted molar refractivity (Wildman–Crippen MR) is 122 cm³/mol.